The molecule has 0 N–H and O–H groups in total. The van der Waals surface area contributed by atoms with Gasteiger partial charge in [-0.25, -0.2) is 0 Å². The quantitative estimate of drug-likeness (QED) is 0.532. The first-order valence-corrected chi connectivity index (χ1v) is 6.89. The molecule has 17 heavy (non-hydrogen) atoms. The molecular weight excluding hydrogens is 273 g/mol. The molecule has 0 unspecified atom stereocenters. The van der Waals surface area contributed by atoms with Crippen LogP contribution in [0.1, 0.15) is 0 Å². The van der Waals surface area contributed by atoms with Gasteiger partial charge in [0.05, 0.1) is 11.4 Å². The molecule has 0 radical (unpaired) electrons. The summed E-state index contributed by atoms with van der Waals surface area (Å²) in [7, 11) is 0. The molecule has 0 aromatic heterocycles. The molecule has 0 aliphatic carbocycles. The zero-order valence-corrected chi connectivity index (χ0v) is 11.1. The molecule has 0 atom stereocenters. The van der Waals surface area contributed by atoms with E-state index < -0.39 is 4.96 Å². The highest BCUT2D eigenvalue weighted by molar-refractivity contribution is 7.99. The van der Waals surface area contributed by atoms with Crippen molar-refractivity contribution < 1.29 is 0 Å². The summed E-state index contributed by atoms with van der Waals surface area (Å²) in [6.07, 6.45) is 0. The second kappa shape index (κ2) is 4.45. The van der Waals surface area contributed by atoms with E-state index in [1.165, 1.54) is 9.79 Å². The number of para-hydroxylation sites is 2. The molecule has 1 aliphatic heterocycles. The van der Waals surface area contributed by atoms with Crippen molar-refractivity contribution in [1.82, 2.24) is 0 Å². The van der Waals surface area contributed by atoms with E-state index in [0.717, 1.165) is 11.4 Å². The Labute approximate surface area is 114 Å². The summed E-state index contributed by atoms with van der Waals surface area (Å²) in [5, 5.41) is 0. The molecule has 0 saturated carbocycles. The highest BCUT2D eigenvalue weighted by atomic mass is 35.5. The van der Waals surface area contributed by atoms with Crippen molar-refractivity contribution in [3.8, 4) is 0 Å². The van der Waals surface area contributed by atoms with Crippen LogP contribution < -0.4 is 4.90 Å². The molecule has 1 heterocycles. The van der Waals surface area contributed by atoms with Crippen LogP contribution in [0.25, 0.3) is 0 Å². The van der Waals surface area contributed by atoms with E-state index in [9.17, 15) is 0 Å². The predicted molar refractivity (Wildman–Crippen MR) is 74.6 cm³/mol. The largest absolute Gasteiger partial charge is 0.310 e. The van der Waals surface area contributed by atoms with E-state index in [0.29, 0.717) is 0 Å². The third-order valence-corrected chi connectivity index (χ3v) is 4.19. The van der Waals surface area contributed by atoms with Crippen LogP contribution in [0, 0.1) is 0 Å². The van der Waals surface area contributed by atoms with Crippen molar-refractivity contribution in [3.63, 3.8) is 0 Å². The number of alkyl halides is 2. The number of rotatable bonds is 1. The summed E-state index contributed by atoms with van der Waals surface area (Å²) in [4.78, 5) is 3.72. The van der Waals surface area contributed by atoms with Crippen LogP contribution in [0.3, 0.4) is 0 Å². The lowest BCUT2D eigenvalue weighted by Gasteiger charge is -2.33. The van der Waals surface area contributed by atoms with E-state index in [1.807, 2.05) is 41.3 Å². The second-order valence-electron chi connectivity index (χ2n) is 3.69. The third-order valence-electron chi connectivity index (χ3n) is 2.66. The average molecular weight is 282 g/mol. The van der Waals surface area contributed by atoms with Gasteiger partial charge < -0.3 is 4.90 Å². The van der Waals surface area contributed by atoms with Crippen molar-refractivity contribution in [3.05, 3.63) is 48.5 Å². The minimum absolute atomic E-state index is 0.585. The van der Waals surface area contributed by atoms with Gasteiger partial charge in [0.2, 0.25) is 0 Å². The number of anilines is 2. The van der Waals surface area contributed by atoms with E-state index in [1.54, 1.807) is 11.8 Å². The molecular formula is C13H9Cl2NS. The molecule has 0 saturated heterocycles. The molecule has 0 bridgehead atoms. The first kappa shape index (κ1) is 11.3. The minimum atomic E-state index is -0.585. The Morgan fingerprint density at radius 1 is 0.824 bits per heavy atom. The maximum atomic E-state index is 6.09. The topological polar surface area (TPSA) is 3.24 Å². The van der Waals surface area contributed by atoms with E-state index in [2.05, 4.69) is 12.1 Å². The molecule has 0 amide bonds. The number of hydrogen-bond acceptors (Lipinski definition) is 2. The fraction of sp³-hybridized carbons (Fsp3) is 0.0769. The minimum Gasteiger partial charge on any atom is -0.310 e. The van der Waals surface area contributed by atoms with Crippen LogP contribution >= 0.6 is 35.0 Å². The molecule has 4 heteroatoms. The third kappa shape index (κ3) is 1.90. The predicted octanol–water partition coefficient (Wildman–Crippen LogP) is 5.05. The van der Waals surface area contributed by atoms with Crippen molar-refractivity contribution in [2.45, 2.75) is 14.8 Å². The first-order chi connectivity index (χ1) is 8.27. The summed E-state index contributed by atoms with van der Waals surface area (Å²) in [5.41, 5.74) is 2.12. The second-order valence-corrected chi connectivity index (χ2v) is 5.82. The van der Waals surface area contributed by atoms with Gasteiger partial charge in [0.1, 0.15) is 0 Å². The van der Waals surface area contributed by atoms with Crippen LogP contribution in [-0.4, -0.2) is 4.96 Å². The van der Waals surface area contributed by atoms with Gasteiger partial charge in [0, 0.05) is 9.79 Å². The lowest BCUT2D eigenvalue weighted by molar-refractivity contribution is 1.04. The van der Waals surface area contributed by atoms with Gasteiger partial charge in [-0.15, -0.1) is 0 Å². The first-order valence-electron chi connectivity index (χ1n) is 5.20. The summed E-state index contributed by atoms with van der Waals surface area (Å²) < 4.78 is 0. The smallest absolute Gasteiger partial charge is 0.184 e. The molecule has 1 aliphatic rings. The molecule has 3 rings (SSSR count). The van der Waals surface area contributed by atoms with Gasteiger partial charge in [-0.05, 0) is 24.3 Å². The van der Waals surface area contributed by atoms with Gasteiger partial charge in [-0.2, -0.15) is 0 Å². The zero-order chi connectivity index (χ0) is 11.8. The molecule has 0 spiro atoms. The Morgan fingerprint density at radius 2 is 1.29 bits per heavy atom. The van der Waals surface area contributed by atoms with Crippen LogP contribution in [0.4, 0.5) is 11.4 Å². The summed E-state index contributed by atoms with van der Waals surface area (Å²) in [6, 6.07) is 16.3. The number of hydrogen-bond donors (Lipinski definition) is 0. The normalized spacial score (nSPS) is 13.5. The van der Waals surface area contributed by atoms with Crippen LogP contribution in [-0.2, 0) is 0 Å². The number of fused-ring (bicyclic) bond motifs is 2. The Balaban J connectivity index is 2.21. The molecule has 2 aromatic carbocycles. The Hall–Kier alpha value is -0.830. The maximum Gasteiger partial charge on any atom is 0.184 e. The van der Waals surface area contributed by atoms with Gasteiger partial charge in [-0.1, -0.05) is 59.2 Å². The van der Waals surface area contributed by atoms with Crippen molar-refractivity contribution in [2.24, 2.45) is 0 Å². The fourth-order valence-electron chi connectivity index (χ4n) is 1.94. The van der Waals surface area contributed by atoms with Crippen LogP contribution in [0.2, 0.25) is 0 Å². The van der Waals surface area contributed by atoms with Gasteiger partial charge in [0.25, 0.3) is 0 Å². The van der Waals surface area contributed by atoms with Gasteiger partial charge in [-0.3, -0.25) is 0 Å². The Kier molecular flexibility index (Phi) is 2.95. The molecule has 2 aromatic rings. The lowest BCUT2D eigenvalue weighted by atomic mass is 10.2. The van der Waals surface area contributed by atoms with Crippen molar-refractivity contribution in [1.29, 1.82) is 0 Å². The van der Waals surface area contributed by atoms with E-state index in [-0.39, 0.29) is 0 Å². The zero-order valence-electron chi connectivity index (χ0n) is 8.81. The van der Waals surface area contributed by atoms with Crippen LogP contribution in [0.15, 0.2) is 58.3 Å². The van der Waals surface area contributed by atoms with E-state index in [4.69, 9.17) is 23.2 Å². The van der Waals surface area contributed by atoms with Crippen molar-refractivity contribution in [2.75, 3.05) is 4.90 Å². The lowest BCUT2D eigenvalue weighted by Crippen LogP contribution is -2.24. The highest BCUT2D eigenvalue weighted by Crippen LogP contribution is 2.49. The molecule has 0 fully saturated rings. The van der Waals surface area contributed by atoms with Crippen molar-refractivity contribution >= 4 is 46.3 Å². The molecule has 1 nitrogen and oxygen atoms in total. The Bertz CT molecular complexity index is 511. The number of nitrogens with zero attached hydrogens (tertiary/aromatic N) is 1. The van der Waals surface area contributed by atoms with Crippen LogP contribution in [0.5, 0.6) is 0 Å². The summed E-state index contributed by atoms with van der Waals surface area (Å²) >= 11 is 13.9. The van der Waals surface area contributed by atoms with Gasteiger partial charge in [0.15, 0.2) is 4.96 Å². The maximum absolute atomic E-state index is 6.09. The Morgan fingerprint density at radius 3 is 1.76 bits per heavy atom. The number of halogens is 2. The monoisotopic (exact) mass is 281 g/mol. The average Bonchev–Trinajstić information content (AvgIpc) is 2.35. The summed E-state index contributed by atoms with van der Waals surface area (Å²) in [5.74, 6) is 0. The standard InChI is InChI=1S/C13H9Cl2NS/c14-13(15)16-9-5-1-3-7-11(9)17-12-8-4-2-6-10(12)16/h1-8,13H. The summed E-state index contributed by atoms with van der Waals surface area (Å²) in [6.45, 7) is 0. The number of benzene rings is 2. The fourth-order valence-corrected chi connectivity index (χ4v) is 3.44. The SMILES string of the molecule is ClC(Cl)N1c2ccccc2Sc2ccccc21. The molecule has 86 valence electrons. The van der Waals surface area contributed by atoms with E-state index >= 15 is 0 Å². The van der Waals surface area contributed by atoms with Gasteiger partial charge >= 0.3 is 0 Å². The highest BCUT2D eigenvalue weighted by Gasteiger charge is 2.26.